The van der Waals surface area contributed by atoms with Gasteiger partial charge < -0.3 is 5.32 Å². The van der Waals surface area contributed by atoms with Crippen molar-refractivity contribution in [3.8, 4) is 0 Å². The zero-order chi connectivity index (χ0) is 10.5. The van der Waals surface area contributed by atoms with Crippen molar-refractivity contribution in [2.75, 3.05) is 5.32 Å². The first-order valence-corrected chi connectivity index (χ1v) is 4.97. The van der Waals surface area contributed by atoms with Crippen molar-refractivity contribution < 1.29 is 0 Å². The average Bonchev–Trinajstić information content (AvgIpc) is 2.28. The van der Waals surface area contributed by atoms with Crippen LogP contribution in [-0.2, 0) is 6.54 Å². The number of nitrogens with one attached hydrogen (secondary N) is 1. The lowest BCUT2D eigenvalue weighted by molar-refractivity contribution is 1.12. The van der Waals surface area contributed by atoms with Crippen LogP contribution in [0.25, 0.3) is 0 Å². The van der Waals surface area contributed by atoms with Crippen LogP contribution in [0.15, 0.2) is 42.9 Å². The van der Waals surface area contributed by atoms with Gasteiger partial charge in [-0.15, -0.1) is 0 Å². The van der Waals surface area contributed by atoms with Gasteiger partial charge in [0.15, 0.2) is 0 Å². The van der Waals surface area contributed by atoms with E-state index < -0.39 is 0 Å². The molecule has 2 rings (SSSR count). The van der Waals surface area contributed by atoms with Gasteiger partial charge in [0.05, 0.1) is 0 Å². The molecule has 0 spiro atoms. The molecule has 0 amide bonds. The molecule has 15 heavy (non-hydrogen) atoms. The van der Waals surface area contributed by atoms with Gasteiger partial charge in [0.1, 0.15) is 5.15 Å². The van der Waals surface area contributed by atoms with Crippen molar-refractivity contribution >= 4 is 17.3 Å². The Morgan fingerprint density at radius 2 is 1.93 bits per heavy atom. The molecule has 3 nitrogen and oxygen atoms in total. The van der Waals surface area contributed by atoms with E-state index in [0.29, 0.717) is 5.15 Å². The van der Waals surface area contributed by atoms with Crippen molar-refractivity contribution in [2.45, 2.75) is 6.54 Å². The van der Waals surface area contributed by atoms with Gasteiger partial charge in [0, 0.05) is 30.8 Å². The predicted octanol–water partition coefficient (Wildman–Crippen LogP) is 2.74. The summed E-state index contributed by atoms with van der Waals surface area (Å²) in [7, 11) is 0. The molecule has 0 aliphatic rings. The Morgan fingerprint density at radius 1 is 1.13 bits per heavy atom. The molecule has 0 saturated heterocycles. The molecule has 2 aromatic heterocycles. The van der Waals surface area contributed by atoms with E-state index in [9.17, 15) is 0 Å². The number of hydrogen-bond acceptors (Lipinski definition) is 3. The molecule has 0 unspecified atom stereocenters. The molecular weight excluding hydrogens is 210 g/mol. The molecule has 4 heteroatoms. The van der Waals surface area contributed by atoms with E-state index in [0.717, 1.165) is 12.2 Å². The summed E-state index contributed by atoms with van der Waals surface area (Å²) in [5.41, 5.74) is 2.14. The van der Waals surface area contributed by atoms with Crippen LogP contribution in [0, 0.1) is 0 Å². The first kappa shape index (κ1) is 9.93. The molecule has 0 fully saturated rings. The van der Waals surface area contributed by atoms with E-state index in [-0.39, 0.29) is 0 Å². The van der Waals surface area contributed by atoms with Gasteiger partial charge in [0.2, 0.25) is 0 Å². The molecule has 0 aromatic carbocycles. The van der Waals surface area contributed by atoms with E-state index in [1.807, 2.05) is 18.2 Å². The largest absolute Gasteiger partial charge is 0.381 e. The lowest BCUT2D eigenvalue weighted by Gasteiger charge is -2.05. The number of nitrogens with zero attached hydrogens (tertiary/aromatic N) is 2. The minimum absolute atomic E-state index is 0.495. The van der Waals surface area contributed by atoms with E-state index in [1.165, 1.54) is 5.56 Å². The number of rotatable bonds is 3. The highest BCUT2D eigenvalue weighted by Crippen LogP contribution is 2.12. The SMILES string of the molecule is Clc1cc(NCc2ccncc2)ccn1. The second-order valence-corrected chi connectivity index (χ2v) is 3.46. The van der Waals surface area contributed by atoms with E-state index in [1.54, 1.807) is 24.7 Å². The molecule has 76 valence electrons. The fourth-order valence-electron chi connectivity index (χ4n) is 1.22. The summed E-state index contributed by atoms with van der Waals surface area (Å²) < 4.78 is 0. The smallest absolute Gasteiger partial charge is 0.131 e. The summed E-state index contributed by atoms with van der Waals surface area (Å²) in [6.45, 7) is 0.753. The Bertz CT molecular complexity index is 431. The first-order valence-electron chi connectivity index (χ1n) is 4.59. The van der Waals surface area contributed by atoms with Gasteiger partial charge >= 0.3 is 0 Å². The quantitative estimate of drug-likeness (QED) is 0.807. The summed E-state index contributed by atoms with van der Waals surface area (Å²) in [6.07, 6.45) is 5.23. The molecule has 2 aromatic rings. The molecule has 1 N–H and O–H groups in total. The van der Waals surface area contributed by atoms with Crippen LogP contribution in [0.2, 0.25) is 5.15 Å². The fraction of sp³-hybridized carbons (Fsp3) is 0.0909. The van der Waals surface area contributed by atoms with Gasteiger partial charge in [-0.1, -0.05) is 11.6 Å². The summed E-state index contributed by atoms with van der Waals surface area (Å²) in [5, 5.41) is 3.74. The molecule has 2 heterocycles. The second kappa shape index (κ2) is 4.75. The molecule has 0 aliphatic carbocycles. The number of hydrogen-bond donors (Lipinski definition) is 1. The number of pyridine rings is 2. The predicted molar refractivity (Wildman–Crippen MR) is 60.8 cm³/mol. The van der Waals surface area contributed by atoms with Crippen LogP contribution >= 0.6 is 11.6 Å². The van der Waals surface area contributed by atoms with E-state index in [2.05, 4.69) is 15.3 Å². The van der Waals surface area contributed by atoms with Crippen LogP contribution < -0.4 is 5.32 Å². The van der Waals surface area contributed by atoms with Crippen LogP contribution in [0.4, 0.5) is 5.69 Å². The Balaban J connectivity index is 1.99. The van der Waals surface area contributed by atoms with E-state index in [4.69, 9.17) is 11.6 Å². The Kier molecular flexibility index (Phi) is 3.15. The molecule has 0 atom stereocenters. The fourth-order valence-corrected chi connectivity index (χ4v) is 1.39. The topological polar surface area (TPSA) is 37.8 Å². The third kappa shape index (κ3) is 2.92. The standard InChI is InChI=1S/C11H10ClN3/c12-11-7-10(3-6-14-11)15-8-9-1-4-13-5-2-9/h1-7H,8H2,(H,14,15). The first-order chi connectivity index (χ1) is 7.34. The van der Waals surface area contributed by atoms with Crippen molar-refractivity contribution in [3.05, 3.63) is 53.6 Å². The molecule has 0 saturated carbocycles. The zero-order valence-electron chi connectivity index (χ0n) is 8.02. The third-order valence-electron chi connectivity index (χ3n) is 1.97. The van der Waals surface area contributed by atoms with Crippen LogP contribution in [-0.4, -0.2) is 9.97 Å². The Labute approximate surface area is 93.1 Å². The molecular formula is C11H10ClN3. The highest BCUT2D eigenvalue weighted by Gasteiger charge is 1.94. The van der Waals surface area contributed by atoms with Crippen molar-refractivity contribution in [3.63, 3.8) is 0 Å². The van der Waals surface area contributed by atoms with E-state index >= 15 is 0 Å². The highest BCUT2D eigenvalue weighted by molar-refractivity contribution is 6.29. The maximum Gasteiger partial charge on any atom is 0.131 e. The van der Waals surface area contributed by atoms with Gasteiger partial charge in [-0.25, -0.2) is 4.98 Å². The Morgan fingerprint density at radius 3 is 2.67 bits per heavy atom. The van der Waals surface area contributed by atoms with Crippen molar-refractivity contribution in [1.82, 2.24) is 9.97 Å². The minimum atomic E-state index is 0.495. The normalized spacial score (nSPS) is 9.93. The van der Waals surface area contributed by atoms with Gasteiger partial charge in [0.25, 0.3) is 0 Å². The second-order valence-electron chi connectivity index (χ2n) is 3.08. The third-order valence-corrected chi connectivity index (χ3v) is 2.18. The maximum absolute atomic E-state index is 5.77. The lowest BCUT2D eigenvalue weighted by atomic mass is 10.2. The number of halogens is 1. The van der Waals surface area contributed by atoms with Crippen LogP contribution in [0.5, 0.6) is 0 Å². The number of anilines is 1. The minimum Gasteiger partial charge on any atom is -0.381 e. The lowest BCUT2D eigenvalue weighted by Crippen LogP contribution is -1.99. The van der Waals surface area contributed by atoms with Gasteiger partial charge in [-0.05, 0) is 29.8 Å². The average molecular weight is 220 g/mol. The van der Waals surface area contributed by atoms with Crippen molar-refractivity contribution in [1.29, 1.82) is 0 Å². The summed E-state index contributed by atoms with van der Waals surface area (Å²) in [5.74, 6) is 0. The molecule has 0 aliphatic heterocycles. The number of aromatic nitrogens is 2. The zero-order valence-corrected chi connectivity index (χ0v) is 8.78. The summed E-state index contributed by atoms with van der Waals surface area (Å²) in [6, 6.07) is 7.61. The molecule has 0 radical (unpaired) electrons. The van der Waals surface area contributed by atoms with Crippen LogP contribution in [0.3, 0.4) is 0 Å². The summed E-state index contributed by atoms with van der Waals surface area (Å²) >= 11 is 5.77. The Hall–Kier alpha value is -1.61. The molecule has 0 bridgehead atoms. The summed E-state index contributed by atoms with van der Waals surface area (Å²) in [4.78, 5) is 7.87. The highest BCUT2D eigenvalue weighted by atomic mass is 35.5. The maximum atomic E-state index is 5.77. The monoisotopic (exact) mass is 219 g/mol. The van der Waals surface area contributed by atoms with Crippen molar-refractivity contribution in [2.24, 2.45) is 0 Å². The van der Waals surface area contributed by atoms with Crippen LogP contribution in [0.1, 0.15) is 5.56 Å². The van der Waals surface area contributed by atoms with Gasteiger partial charge in [-0.2, -0.15) is 0 Å². The van der Waals surface area contributed by atoms with Gasteiger partial charge in [-0.3, -0.25) is 4.98 Å².